The predicted molar refractivity (Wildman–Crippen MR) is 72.5 cm³/mol. The van der Waals surface area contributed by atoms with Crippen LogP contribution in [0.1, 0.15) is 11.6 Å². The molecule has 0 aliphatic heterocycles. The van der Waals surface area contributed by atoms with Crippen LogP contribution in [0.5, 0.6) is 0 Å². The van der Waals surface area contributed by atoms with E-state index in [4.69, 9.17) is 18.0 Å². The minimum atomic E-state index is -0.379. The Balaban J connectivity index is 2.77. The first kappa shape index (κ1) is 13.0. The van der Waals surface area contributed by atoms with E-state index in [-0.39, 0.29) is 16.9 Å². The fourth-order valence-electron chi connectivity index (χ4n) is 1.30. The summed E-state index contributed by atoms with van der Waals surface area (Å²) in [5.41, 5.74) is 6.53. The van der Waals surface area contributed by atoms with Gasteiger partial charge in [-0.2, -0.15) is 11.8 Å². The van der Waals surface area contributed by atoms with Crippen molar-refractivity contribution in [3.05, 3.63) is 35.9 Å². The molecule has 5 heteroatoms. The van der Waals surface area contributed by atoms with Crippen LogP contribution in [0.15, 0.2) is 30.3 Å². The lowest BCUT2D eigenvalue weighted by molar-refractivity contribution is -0.118. The first-order valence-corrected chi connectivity index (χ1v) is 6.58. The van der Waals surface area contributed by atoms with Crippen LogP contribution in [0.4, 0.5) is 0 Å². The van der Waals surface area contributed by atoms with Crippen LogP contribution in [0.25, 0.3) is 0 Å². The Labute approximate surface area is 105 Å². The van der Waals surface area contributed by atoms with E-state index < -0.39 is 0 Å². The van der Waals surface area contributed by atoms with Crippen LogP contribution in [0, 0.1) is 0 Å². The number of rotatable bonds is 5. The van der Waals surface area contributed by atoms with Gasteiger partial charge in [-0.05, 0) is 11.8 Å². The maximum absolute atomic E-state index is 11.5. The van der Waals surface area contributed by atoms with E-state index in [1.54, 1.807) is 0 Å². The SMILES string of the molecule is CSCC(=O)NC(C(N)=S)c1ccccc1. The molecule has 1 unspecified atom stereocenters. The summed E-state index contributed by atoms with van der Waals surface area (Å²) in [5.74, 6) is 0.348. The number of hydrogen-bond donors (Lipinski definition) is 2. The molecule has 3 nitrogen and oxygen atoms in total. The van der Waals surface area contributed by atoms with Gasteiger partial charge in [-0.25, -0.2) is 0 Å². The van der Waals surface area contributed by atoms with Crippen molar-refractivity contribution in [3.8, 4) is 0 Å². The number of benzene rings is 1. The van der Waals surface area contributed by atoms with Gasteiger partial charge in [0, 0.05) is 0 Å². The highest BCUT2D eigenvalue weighted by molar-refractivity contribution is 7.99. The summed E-state index contributed by atoms with van der Waals surface area (Å²) in [5, 5.41) is 2.81. The van der Waals surface area contributed by atoms with E-state index in [2.05, 4.69) is 5.32 Å². The monoisotopic (exact) mass is 254 g/mol. The molecular formula is C11H14N2OS2. The maximum Gasteiger partial charge on any atom is 0.230 e. The van der Waals surface area contributed by atoms with Gasteiger partial charge in [0.1, 0.15) is 11.0 Å². The Morgan fingerprint density at radius 2 is 2.12 bits per heavy atom. The summed E-state index contributed by atoms with van der Waals surface area (Å²) in [7, 11) is 0. The summed E-state index contributed by atoms with van der Waals surface area (Å²) < 4.78 is 0. The number of thiocarbonyl (C=S) groups is 1. The Morgan fingerprint density at radius 3 is 2.62 bits per heavy atom. The number of thioether (sulfide) groups is 1. The molecule has 0 saturated carbocycles. The van der Waals surface area contributed by atoms with Gasteiger partial charge in [-0.15, -0.1) is 0 Å². The smallest absolute Gasteiger partial charge is 0.230 e. The molecule has 1 rings (SSSR count). The molecule has 1 aromatic rings. The third kappa shape index (κ3) is 3.83. The van der Waals surface area contributed by atoms with Crippen LogP contribution >= 0.6 is 24.0 Å². The van der Waals surface area contributed by atoms with Crippen LogP contribution < -0.4 is 11.1 Å². The van der Waals surface area contributed by atoms with Crippen molar-refractivity contribution >= 4 is 34.9 Å². The van der Waals surface area contributed by atoms with Gasteiger partial charge in [0.15, 0.2) is 0 Å². The van der Waals surface area contributed by atoms with E-state index >= 15 is 0 Å². The quantitative estimate of drug-likeness (QED) is 0.782. The van der Waals surface area contributed by atoms with Crippen molar-refractivity contribution in [2.75, 3.05) is 12.0 Å². The number of carbonyl (C=O) groups is 1. The molecular weight excluding hydrogens is 240 g/mol. The summed E-state index contributed by atoms with van der Waals surface area (Å²) in [6, 6.07) is 9.09. The fraction of sp³-hybridized carbons (Fsp3) is 0.273. The van der Waals surface area contributed by atoms with Crippen molar-refractivity contribution in [3.63, 3.8) is 0 Å². The second kappa shape index (κ2) is 6.50. The molecule has 1 atom stereocenters. The van der Waals surface area contributed by atoms with Gasteiger partial charge >= 0.3 is 0 Å². The lowest BCUT2D eigenvalue weighted by atomic mass is 10.1. The van der Waals surface area contributed by atoms with Crippen LogP contribution in [-0.4, -0.2) is 22.9 Å². The molecule has 86 valence electrons. The van der Waals surface area contributed by atoms with Crippen LogP contribution in [0.3, 0.4) is 0 Å². The normalized spacial score (nSPS) is 11.8. The van der Waals surface area contributed by atoms with E-state index in [0.717, 1.165) is 5.56 Å². The Hall–Kier alpha value is -1.07. The standard InChI is InChI=1S/C11H14N2OS2/c1-16-7-9(14)13-10(11(12)15)8-5-3-2-4-6-8/h2-6,10H,7H2,1H3,(H2,12,15)(H,13,14). The first-order valence-electron chi connectivity index (χ1n) is 4.77. The molecule has 0 fully saturated rings. The van der Waals surface area contributed by atoms with E-state index in [1.807, 2.05) is 36.6 Å². The van der Waals surface area contributed by atoms with Crippen molar-refractivity contribution in [2.45, 2.75) is 6.04 Å². The van der Waals surface area contributed by atoms with E-state index in [0.29, 0.717) is 5.75 Å². The first-order chi connectivity index (χ1) is 7.65. The number of carbonyl (C=O) groups excluding carboxylic acids is 1. The average molecular weight is 254 g/mol. The zero-order valence-corrected chi connectivity index (χ0v) is 10.6. The number of nitrogens with two attached hydrogens (primary N) is 1. The van der Waals surface area contributed by atoms with Crippen molar-refractivity contribution in [1.82, 2.24) is 5.32 Å². The van der Waals surface area contributed by atoms with Gasteiger partial charge < -0.3 is 11.1 Å². The van der Waals surface area contributed by atoms with Crippen molar-refractivity contribution < 1.29 is 4.79 Å². The van der Waals surface area contributed by atoms with Crippen LogP contribution in [-0.2, 0) is 4.79 Å². The highest BCUT2D eigenvalue weighted by atomic mass is 32.2. The number of nitrogens with one attached hydrogen (secondary N) is 1. The molecule has 0 bridgehead atoms. The molecule has 0 spiro atoms. The van der Waals surface area contributed by atoms with Gasteiger partial charge in [0.25, 0.3) is 0 Å². The Kier molecular flexibility index (Phi) is 5.28. The van der Waals surface area contributed by atoms with E-state index in [1.165, 1.54) is 11.8 Å². The Morgan fingerprint density at radius 1 is 1.50 bits per heavy atom. The Bertz CT molecular complexity index is 368. The predicted octanol–water partition coefficient (Wildman–Crippen LogP) is 1.49. The lowest BCUT2D eigenvalue weighted by Gasteiger charge is -2.17. The number of amides is 1. The molecule has 0 aliphatic rings. The molecule has 0 aromatic heterocycles. The third-order valence-corrected chi connectivity index (χ3v) is 2.78. The molecule has 0 heterocycles. The molecule has 3 N–H and O–H groups in total. The molecule has 1 amide bonds. The average Bonchev–Trinajstić information content (AvgIpc) is 2.27. The maximum atomic E-state index is 11.5. The molecule has 0 aliphatic carbocycles. The van der Waals surface area contributed by atoms with Gasteiger partial charge in [0.2, 0.25) is 5.91 Å². The second-order valence-electron chi connectivity index (χ2n) is 3.25. The van der Waals surface area contributed by atoms with Crippen molar-refractivity contribution in [1.29, 1.82) is 0 Å². The fourth-order valence-corrected chi connectivity index (χ4v) is 1.84. The highest BCUT2D eigenvalue weighted by Crippen LogP contribution is 2.12. The summed E-state index contributed by atoms with van der Waals surface area (Å²) in [4.78, 5) is 11.8. The van der Waals surface area contributed by atoms with Gasteiger partial charge in [0.05, 0.1) is 5.75 Å². The minimum absolute atomic E-state index is 0.0610. The summed E-state index contributed by atoms with van der Waals surface area (Å²) in [6.45, 7) is 0. The lowest BCUT2D eigenvalue weighted by Crippen LogP contribution is -2.37. The largest absolute Gasteiger partial charge is 0.391 e. The second-order valence-corrected chi connectivity index (χ2v) is 4.58. The molecule has 1 aromatic carbocycles. The molecule has 0 saturated heterocycles. The minimum Gasteiger partial charge on any atom is -0.391 e. The molecule has 0 radical (unpaired) electrons. The topological polar surface area (TPSA) is 55.1 Å². The van der Waals surface area contributed by atoms with Gasteiger partial charge in [-0.3, -0.25) is 4.79 Å². The zero-order valence-electron chi connectivity index (χ0n) is 8.97. The third-order valence-electron chi connectivity index (χ3n) is 2.00. The highest BCUT2D eigenvalue weighted by Gasteiger charge is 2.16. The van der Waals surface area contributed by atoms with Crippen molar-refractivity contribution in [2.24, 2.45) is 5.73 Å². The van der Waals surface area contributed by atoms with E-state index in [9.17, 15) is 4.79 Å². The number of hydrogen-bond acceptors (Lipinski definition) is 3. The van der Waals surface area contributed by atoms with Gasteiger partial charge in [-0.1, -0.05) is 42.5 Å². The zero-order chi connectivity index (χ0) is 12.0. The summed E-state index contributed by atoms with van der Waals surface area (Å²) in [6.07, 6.45) is 1.87. The molecule has 16 heavy (non-hydrogen) atoms. The van der Waals surface area contributed by atoms with Crippen LogP contribution in [0.2, 0.25) is 0 Å². The summed E-state index contributed by atoms with van der Waals surface area (Å²) >= 11 is 6.42.